The first-order chi connectivity index (χ1) is 6.16. The van der Waals surface area contributed by atoms with Crippen LogP contribution < -0.4 is 5.73 Å². The van der Waals surface area contributed by atoms with Crippen molar-refractivity contribution in [2.75, 3.05) is 12.3 Å². The Balaban J connectivity index is 2.76. The third-order valence-electron chi connectivity index (χ3n) is 1.53. The number of hydrogen-bond donors (Lipinski definition) is 1. The quantitative estimate of drug-likeness (QED) is 0.712. The Morgan fingerprint density at radius 2 is 2.38 bits per heavy atom. The second kappa shape index (κ2) is 3.93. The van der Waals surface area contributed by atoms with Crippen LogP contribution in [0.4, 0.5) is 5.88 Å². The molecule has 2 N–H and O–H groups in total. The highest BCUT2D eigenvalue weighted by molar-refractivity contribution is 5.94. The van der Waals surface area contributed by atoms with Gasteiger partial charge < -0.3 is 15.0 Å². The number of nitrogens with zero attached hydrogens (tertiary/aromatic N) is 1. The Labute approximate surface area is 75.8 Å². The van der Waals surface area contributed by atoms with Crippen LogP contribution in [-0.4, -0.2) is 17.7 Å². The summed E-state index contributed by atoms with van der Waals surface area (Å²) in [5.41, 5.74) is 6.07. The lowest BCUT2D eigenvalue weighted by Crippen LogP contribution is -2.08. The molecule has 1 aromatic heterocycles. The van der Waals surface area contributed by atoms with Gasteiger partial charge in [0.25, 0.3) is 0 Å². The number of anilines is 1. The molecule has 0 aliphatic carbocycles. The topological polar surface area (TPSA) is 78.3 Å². The average Bonchev–Trinajstić information content (AvgIpc) is 2.42. The lowest BCUT2D eigenvalue weighted by atomic mass is 10.2. The number of rotatable bonds is 3. The number of carbonyl (C=O) groups excluding carboxylic acids is 1. The van der Waals surface area contributed by atoms with Gasteiger partial charge in [-0.05, 0) is 13.3 Å². The van der Waals surface area contributed by atoms with Crippen molar-refractivity contribution in [2.45, 2.75) is 20.3 Å². The molecule has 0 aromatic carbocycles. The van der Waals surface area contributed by atoms with Gasteiger partial charge in [0.2, 0.25) is 5.88 Å². The number of nitrogens with two attached hydrogens (primary N) is 1. The van der Waals surface area contributed by atoms with E-state index in [1.54, 1.807) is 6.92 Å². The third-order valence-corrected chi connectivity index (χ3v) is 1.53. The molecule has 0 spiro atoms. The summed E-state index contributed by atoms with van der Waals surface area (Å²) in [5, 5.41) is 3.54. The zero-order valence-electron chi connectivity index (χ0n) is 7.66. The van der Waals surface area contributed by atoms with Gasteiger partial charge in [-0.15, -0.1) is 0 Å². The molecule has 0 atom stereocenters. The maximum Gasteiger partial charge on any atom is 0.345 e. The highest BCUT2D eigenvalue weighted by Gasteiger charge is 2.19. The van der Waals surface area contributed by atoms with Crippen molar-refractivity contribution in [1.82, 2.24) is 5.16 Å². The molecule has 0 fully saturated rings. The Morgan fingerprint density at radius 1 is 1.69 bits per heavy atom. The van der Waals surface area contributed by atoms with Crippen molar-refractivity contribution in [3.05, 3.63) is 11.3 Å². The molecule has 5 heteroatoms. The number of ether oxygens (including phenoxy) is 1. The molecule has 0 aliphatic heterocycles. The summed E-state index contributed by atoms with van der Waals surface area (Å²) in [6.45, 7) is 3.93. The highest BCUT2D eigenvalue weighted by Crippen LogP contribution is 2.16. The first-order valence-corrected chi connectivity index (χ1v) is 4.05. The molecule has 0 unspecified atom stereocenters. The van der Waals surface area contributed by atoms with E-state index in [4.69, 9.17) is 10.5 Å². The van der Waals surface area contributed by atoms with Crippen LogP contribution in [0.2, 0.25) is 0 Å². The van der Waals surface area contributed by atoms with Crippen LogP contribution >= 0.6 is 0 Å². The number of hydrogen-bond acceptors (Lipinski definition) is 5. The first kappa shape index (κ1) is 9.57. The molecular formula is C8H12N2O3. The van der Waals surface area contributed by atoms with Crippen LogP contribution in [0.5, 0.6) is 0 Å². The lowest BCUT2D eigenvalue weighted by molar-refractivity contribution is 0.0505. The maximum atomic E-state index is 11.3. The van der Waals surface area contributed by atoms with Gasteiger partial charge in [-0.1, -0.05) is 12.1 Å². The molecule has 0 bridgehead atoms. The molecule has 5 nitrogen and oxygen atoms in total. The number of aromatic nitrogens is 1. The molecular weight excluding hydrogens is 172 g/mol. The van der Waals surface area contributed by atoms with Gasteiger partial charge in [-0.3, -0.25) is 0 Å². The summed E-state index contributed by atoms with van der Waals surface area (Å²) in [4.78, 5) is 11.3. The summed E-state index contributed by atoms with van der Waals surface area (Å²) in [5.74, 6) is -0.461. The number of nitrogen functional groups attached to an aromatic ring is 1. The van der Waals surface area contributed by atoms with Crippen LogP contribution in [0.3, 0.4) is 0 Å². The molecule has 0 aliphatic rings. The number of carbonyl (C=O) groups is 1. The van der Waals surface area contributed by atoms with E-state index in [1.807, 2.05) is 6.92 Å². The second-order valence-electron chi connectivity index (χ2n) is 2.64. The average molecular weight is 184 g/mol. The SMILES string of the molecule is CCCOC(=O)c1c(C)noc1N. The molecule has 0 radical (unpaired) electrons. The van der Waals surface area contributed by atoms with E-state index in [0.717, 1.165) is 6.42 Å². The van der Waals surface area contributed by atoms with Crippen molar-refractivity contribution in [2.24, 2.45) is 0 Å². The molecule has 0 amide bonds. The fourth-order valence-electron chi connectivity index (χ4n) is 0.902. The zero-order valence-corrected chi connectivity index (χ0v) is 7.66. The van der Waals surface area contributed by atoms with Crippen molar-refractivity contribution in [1.29, 1.82) is 0 Å². The van der Waals surface area contributed by atoms with Crippen molar-refractivity contribution >= 4 is 11.9 Å². The Hall–Kier alpha value is -1.52. The Kier molecular flexibility index (Phi) is 2.89. The van der Waals surface area contributed by atoms with Crippen LogP contribution in [0.1, 0.15) is 29.4 Å². The molecule has 13 heavy (non-hydrogen) atoms. The van der Waals surface area contributed by atoms with E-state index in [9.17, 15) is 4.79 Å². The van der Waals surface area contributed by atoms with Crippen molar-refractivity contribution < 1.29 is 14.1 Å². The number of aryl methyl sites for hydroxylation is 1. The standard InChI is InChI=1S/C8H12N2O3/c1-3-4-12-8(11)6-5(2)10-13-7(6)9/h3-4,9H2,1-2H3. The van der Waals surface area contributed by atoms with Gasteiger partial charge in [-0.25, -0.2) is 4.79 Å². The molecule has 0 saturated carbocycles. The van der Waals surface area contributed by atoms with E-state index in [-0.39, 0.29) is 11.4 Å². The Morgan fingerprint density at radius 3 is 2.85 bits per heavy atom. The zero-order chi connectivity index (χ0) is 9.84. The predicted molar refractivity (Wildman–Crippen MR) is 46.2 cm³/mol. The molecule has 72 valence electrons. The molecule has 1 rings (SSSR count). The maximum absolute atomic E-state index is 11.3. The van der Waals surface area contributed by atoms with Crippen molar-refractivity contribution in [3.8, 4) is 0 Å². The summed E-state index contributed by atoms with van der Waals surface area (Å²) in [6.07, 6.45) is 0.774. The fourth-order valence-corrected chi connectivity index (χ4v) is 0.902. The minimum atomic E-state index is -0.474. The largest absolute Gasteiger partial charge is 0.462 e. The minimum Gasteiger partial charge on any atom is -0.462 e. The minimum absolute atomic E-state index is 0.0126. The molecule has 1 aromatic rings. The summed E-state index contributed by atoms with van der Waals surface area (Å²) in [7, 11) is 0. The van der Waals surface area contributed by atoms with E-state index in [2.05, 4.69) is 9.68 Å². The van der Waals surface area contributed by atoms with Crippen LogP contribution in [0.15, 0.2) is 4.52 Å². The van der Waals surface area contributed by atoms with Gasteiger partial charge in [0.15, 0.2) is 0 Å². The van der Waals surface area contributed by atoms with E-state index in [1.165, 1.54) is 0 Å². The van der Waals surface area contributed by atoms with Crippen molar-refractivity contribution in [3.63, 3.8) is 0 Å². The summed E-state index contributed by atoms with van der Waals surface area (Å²) < 4.78 is 9.50. The highest BCUT2D eigenvalue weighted by atomic mass is 16.5. The van der Waals surface area contributed by atoms with Gasteiger partial charge in [0, 0.05) is 0 Å². The lowest BCUT2D eigenvalue weighted by Gasteiger charge is -2.00. The van der Waals surface area contributed by atoms with Gasteiger partial charge >= 0.3 is 5.97 Å². The van der Waals surface area contributed by atoms with E-state index in [0.29, 0.717) is 12.3 Å². The number of esters is 1. The van der Waals surface area contributed by atoms with Crippen LogP contribution in [0.25, 0.3) is 0 Å². The fraction of sp³-hybridized carbons (Fsp3) is 0.500. The monoisotopic (exact) mass is 184 g/mol. The summed E-state index contributed by atoms with van der Waals surface area (Å²) in [6, 6.07) is 0. The second-order valence-corrected chi connectivity index (χ2v) is 2.64. The predicted octanol–water partition coefficient (Wildman–Crippen LogP) is 1.13. The third kappa shape index (κ3) is 1.99. The molecule has 1 heterocycles. The van der Waals surface area contributed by atoms with E-state index < -0.39 is 5.97 Å². The van der Waals surface area contributed by atoms with Gasteiger partial charge in [-0.2, -0.15) is 0 Å². The molecule has 0 saturated heterocycles. The van der Waals surface area contributed by atoms with Crippen LogP contribution in [0, 0.1) is 6.92 Å². The van der Waals surface area contributed by atoms with E-state index >= 15 is 0 Å². The van der Waals surface area contributed by atoms with Gasteiger partial charge in [0.05, 0.1) is 12.3 Å². The van der Waals surface area contributed by atoms with Crippen LogP contribution in [-0.2, 0) is 4.74 Å². The smallest absolute Gasteiger partial charge is 0.345 e. The Bertz CT molecular complexity index is 287. The first-order valence-electron chi connectivity index (χ1n) is 4.05. The van der Waals surface area contributed by atoms with Gasteiger partial charge in [0.1, 0.15) is 5.56 Å². The summed E-state index contributed by atoms with van der Waals surface area (Å²) >= 11 is 0. The normalized spacial score (nSPS) is 10.0.